The Morgan fingerprint density at radius 1 is 0.397 bits per heavy atom. The van der Waals surface area contributed by atoms with Crippen molar-refractivity contribution in [2.75, 3.05) is 0 Å². The summed E-state index contributed by atoms with van der Waals surface area (Å²) in [6, 6.07) is 68.0. The highest BCUT2D eigenvalue weighted by molar-refractivity contribution is 6.27. The van der Waals surface area contributed by atoms with E-state index in [9.17, 15) is 0 Å². The molecular weight excluding hydrogens is 767 g/mol. The van der Waals surface area contributed by atoms with Gasteiger partial charge in [-0.15, -0.1) is 0 Å². The Morgan fingerprint density at radius 3 is 1.78 bits per heavy atom. The molecule has 5 heteroatoms. The molecule has 9 aromatic carbocycles. The lowest BCUT2D eigenvalue weighted by Gasteiger charge is -2.25. The second-order valence-corrected chi connectivity index (χ2v) is 17.6. The fourth-order valence-corrected chi connectivity index (χ4v) is 11.1. The van der Waals surface area contributed by atoms with E-state index in [1.807, 2.05) is 36.4 Å². The normalized spacial score (nSPS) is 13.4. The quantitative estimate of drug-likeness (QED) is 0.178. The third-order valence-electron chi connectivity index (χ3n) is 13.9. The summed E-state index contributed by atoms with van der Waals surface area (Å²) in [5.74, 6) is 1.97. The minimum absolute atomic E-state index is 0.372. The van der Waals surface area contributed by atoms with E-state index in [1.54, 1.807) is 0 Å². The molecule has 4 heterocycles. The number of hydrogen-bond acceptors (Lipinski definition) is 3. The number of aromatic nitrogens is 5. The molecule has 1 aliphatic rings. The minimum atomic E-state index is -0.372. The van der Waals surface area contributed by atoms with Crippen LogP contribution in [0.2, 0.25) is 0 Å². The second-order valence-electron chi connectivity index (χ2n) is 17.6. The number of rotatable bonds is 4. The van der Waals surface area contributed by atoms with Crippen molar-refractivity contribution < 1.29 is 0 Å². The molecule has 5 nitrogen and oxygen atoms in total. The van der Waals surface area contributed by atoms with E-state index >= 15 is 0 Å². The van der Waals surface area contributed by atoms with E-state index in [0.29, 0.717) is 17.5 Å². The summed E-state index contributed by atoms with van der Waals surface area (Å²) >= 11 is 0. The number of hydrogen-bond donors (Lipinski definition) is 0. The van der Waals surface area contributed by atoms with E-state index in [-0.39, 0.29) is 5.41 Å². The Bertz CT molecular complexity index is 3990. The highest BCUT2D eigenvalue weighted by Gasteiger charge is 2.40. The molecule has 1 aliphatic carbocycles. The van der Waals surface area contributed by atoms with Gasteiger partial charge < -0.3 is 8.97 Å². The summed E-state index contributed by atoms with van der Waals surface area (Å²) in [6.45, 7) is 4.71. The maximum atomic E-state index is 5.30. The van der Waals surface area contributed by atoms with Crippen LogP contribution in [0.4, 0.5) is 0 Å². The smallest absolute Gasteiger partial charge is 0.164 e. The van der Waals surface area contributed by atoms with Crippen LogP contribution in [0.1, 0.15) is 25.0 Å². The highest BCUT2D eigenvalue weighted by Crippen LogP contribution is 2.55. The molecule has 63 heavy (non-hydrogen) atoms. The molecule has 0 bridgehead atoms. The molecule has 0 fully saturated rings. The first kappa shape index (κ1) is 34.6. The molecule has 0 spiro atoms. The fraction of sp³-hybridized carbons (Fsp3) is 0.0517. The molecule has 0 aliphatic heterocycles. The van der Waals surface area contributed by atoms with Crippen LogP contribution in [0, 0.1) is 0 Å². The molecule has 0 N–H and O–H groups in total. The maximum absolute atomic E-state index is 5.30. The van der Waals surface area contributed by atoms with E-state index in [1.165, 1.54) is 92.9 Å². The van der Waals surface area contributed by atoms with Crippen molar-refractivity contribution in [3.05, 3.63) is 199 Å². The predicted molar refractivity (Wildman–Crippen MR) is 260 cm³/mol. The lowest BCUT2D eigenvalue weighted by atomic mass is 9.79. The molecule has 0 amide bonds. The summed E-state index contributed by atoms with van der Waals surface area (Å²) < 4.78 is 5.06. The molecule has 0 saturated heterocycles. The van der Waals surface area contributed by atoms with Crippen LogP contribution in [-0.4, -0.2) is 23.9 Å². The highest BCUT2D eigenvalue weighted by atomic mass is 15.0. The zero-order chi connectivity index (χ0) is 41.6. The molecule has 0 saturated carbocycles. The van der Waals surface area contributed by atoms with Crippen LogP contribution in [-0.2, 0) is 5.41 Å². The van der Waals surface area contributed by atoms with Gasteiger partial charge in [-0.1, -0.05) is 172 Å². The predicted octanol–water partition coefficient (Wildman–Crippen LogP) is 14.6. The van der Waals surface area contributed by atoms with Crippen molar-refractivity contribution in [1.29, 1.82) is 0 Å². The van der Waals surface area contributed by atoms with Gasteiger partial charge in [-0.25, -0.2) is 15.0 Å². The summed E-state index contributed by atoms with van der Waals surface area (Å²) in [5.41, 5.74) is 14.7. The van der Waals surface area contributed by atoms with Gasteiger partial charge in [0.1, 0.15) is 0 Å². The Balaban J connectivity index is 1.13. The third-order valence-corrected chi connectivity index (χ3v) is 13.9. The first-order valence-electron chi connectivity index (χ1n) is 21.7. The zero-order valence-electron chi connectivity index (χ0n) is 34.6. The first-order chi connectivity index (χ1) is 31.0. The standard InChI is InChI=1S/C58H37N5/c1-58(2)46-26-13-11-23-42(46)51-48(31-30-43(52(51)58)57-60-55(35-17-5-3-6-18-35)59-56(61-57)36-19-7-4-8-20-36)63-50-33-49-44(32-45(50)41-29-28-34-16-9-10-21-37(34)53(41)63)40-25-15-24-39-38-22-12-14-27-47(38)62(49)54(39)40/h3-33H,1-2H3. The van der Waals surface area contributed by atoms with E-state index in [0.717, 1.165) is 22.4 Å². The van der Waals surface area contributed by atoms with Gasteiger partial charge in [0.2, 0.25) is 0 Å². The van der Waals surface area contributed by atoms with Crippen molar-refractivity contribution in [2.45, 2.75) is 19.3 Å². The Hall–Kier alpha value is -8.15. The van der Waals surface area contributed by atoms with Crippen molar-refractivity contribution in [2.24, 2.45) is 0 Å². The molecule has 294 valence electrons. The van der Waals surface area contributed by atoms with Gasteiger partial charge in [0, 0.05) is 65.4 Å². The average Bonchev–Trinajstić information content (AvgIpc) is 4.04. The monoisotopic (exact) mass is 803 g/mol. The van der Waals surface area contributed by atoms with Gasteiger partial charge in [0.05, 0.1) is 33.3 Å². The van der Waals surface area contributed by atoms with Gasteiger partial charge in [0.15, 0.2) is 17.5 Å². The van der Waals surface area contributed by atoms with Gasteiger partial charge in [-0.05, 0) is 52.4 Å². The molecule has 0 unspecified atom stereocenters. The maximum Gasteiger partial charge on any atom is 0.164 e. The summed E-state index contributed by atoms with van der Waals surface area (Å²) in [4.78, 5) is 15.7. The van der Waals surface area contributed by atoms with Crippen molar-refractivity contribution in [3.8, 4) is 51.0 Å². The van der Waals surface area contributed by atoms with Crippen LogP contribution < -0.4 is 0 Å². The molecular formula is C58H37N5. The minimum Gasteiger partial charge on any atom is -0.308 e. The molecule has 0 atom stereocenters. The van der Waals surface area contributed by atoms with Crippen LogP contribution in [0.25, 0.3) is 122 Å². The number of fused-ring (bicyclic) bond motifs is 14. The fourth-order valence-electron chi connectivity index (χ4n) is 11.1. The van der Waals surface area contributed by atoms with Crippen LogP contribution >= 0.6 is 0 Å². The zero-order valence-corrected chi connectivity index (χ0v) is 34.6. The summed E-state index contributed by atoms with van der Waals surface area (Å²) in [6.07, 6.45) is 0. The molecule has 13 aromatic rings. The van der Waals surface area contributed by atoms with E-state index in [2.05, 4.69) is 174 Å². The lowest BCUT2D eigenvalue weighted by Crippen LogP contribution is -2.17. The first-order valence-corrected chi connectivity index (χ1v) is 21.7. The second kappa shape index (κ2) is 12.5. The van der Waals surface area contributed by atoms with Gasteiger partial charge in [-0.2, -0.15) is 0 Å². The van der Waals surface area contributed by atoms with Crippen molar-refractivity contribution in [1.82, 2.24) is 23.9 Å². The van der Waals surface area contributed by atoms with Gasteiger partial charge >= 0.3 is 0 Å². The number of benzene rings is 9. The van der Waals surface area contributed by atoms with Crippen molar-refractivity contribution >= 4 is 70.7 Å². The Kier molecular flexibility index (Phi) is 6.84. The number of nitrogens with zero attached hydrogens (tertiary/aromatic N) is 5. The van der Waals surface area contributed by atoms with Crippen LogP contribution in [0.5, 0.6) is 0 Å². The average molecular weight is 804 g/mol. The lowest BCUT2D eigenvalue weighted by molar-refractivity contribution is 0.661. The van der Waals surface area contributed by atoms with Gasteiger partial charge in [0.25, 0.3) is 0 Å². The van der Waals surface area contributed by atoms with E-state index in [4.69, 9.17) is 15.0 Å². The van der Waals surface area contributed by atoms with E-state index < -0.39 is 0 Å². The largest absolute Gasteiger partial charge is 0.308 e. The topological polar surface area (TPSA) is 48.0 Å². The molecule has 0 radical (unpaired) electrons. The van der Waals surface area contributed by atoms with Crippen LogP contribution in [0.3, 0.4) is 0 Å². The van der Waals surface area contributed by atoms with Crippen molar-refractivity contribution in [3.63, 3.8) is 0 Å². The Labute approximate surface area is 362 Å². The summed E-state index contributed by atoms with van der Waals surface area (Å²) in [5, 5.41) is 10.0. The SMILES string of the molecule is CC1(C)c2ccccc2-c2c(-n3c4cc5c(cc4c4ccc6ccccc6c43)c3cccc4c6ccccc6n5c43)ccc(-c3nc(-c4ccccc4)nc(-c4ccccc4)n3)c21. The Morgan fingerprint density at radius 2 is 1.00 bits per heavy atom. The molecule has 14 rings (SSSR count). The summed E-state index contributed by atoms with van der Waals surface area (Å²) in [7, 11) is 0. The van der Waals surface area contributed by atoms with Crippen LogP contribution in [0.15, 0.2) is 188 Å². The number of para-hydroxylation sites is 2. The van der Waals surface area contributed by atoms with Gasteiger partial charge in [-0.3, -0.25) is 0 Å². The molecule has 4 aromatic heterocycles. The third kappa shape index (κ3) is 4.63.